The number of hydrogen-bond acceptors (Lipinski definition) is 3. The summed E-state index contributed by atoms with van der Waals surface area (Å²) >= 11 is 18.5. The lowest BCUT2D eigenvalue weighted by Gasteiger charge is -2.27. The minimum absolute atomic E-state index is 0.182. The molecule has 3 aromatic rings. The van der Waals surface area contributed by atoms with E-state index >= 15 is 0 Å². The van der Waals surface area contributed by atoms with Crippen molar-refractivity contribution in [3.05, 3.63) is 68.8 Å². The minimum Gasteiger partial charge on any atom is -0.285 e. The van der Waals surface area contributed by atoms with Crippen molar-refractivity contribution in [2.45, 2.75) is 26.2 Å². The molecule has 0 radical (unpaired) electrons. The highest BCUT2D eigenvalue weighted by Gasteiger charge is 2.25. The van der Waals surface area contributed by atoms with Crippen LogP contribution in [0.4, 0.5) is 0 Å². The zero-order valence-electron chi connectivity index (χ0n) is 16.5. The standard InChI is InChI=1S/C22H21Cl3N4O/c1-14-20(22(30)27-28-9-3-2-4-10-28)21(15-5-7-16(23)8-6-15)29(26-14)19-12-17(24)11-18(25)13-19/h5-8,11-13H,2-4,9-10H2,1H3,(H,27,30). The van der Waals surface area contributed by atoms with Crippen molar-refractivity contribution in [2.75, 3.05) is 13.1 Å². The Morgan fingerprint density at radius 2 is 1.57 bits per heavy atom. The summed E-state index contributed by atoms with van der Waals surface area (Å²) in [6, 6.07) is 12.5. The van der Waals surface area contributed by atoms with Crippen molar-refractivity contribution in [2.24, 2.45) is 0 Å². The number of benzene rings is 2. The van der Waals surface area contributed by atoms with Gasteiger partial charge in [-0.25, -0.2) is 9.69 Å². The molecule has 0 aliphatic carbocycles. The van der Waals surface area contributed by atoms with Crippen molar-refractivity contribution in [1.82, 2.24) is 20.2 Å². The highest BCUT2D eigenvalue weighted by Crippen LogP contribution is 2.32. The van der Waals surface area contributed by atoms with Gasteiger partial charge in [0.2, 0.25) is 0 Å². The van der Waals surface area contributed by atoms with Gasteiger partial charge in [-0.2, -0.15) is 5.10 Å². The van der Waals surface area contributed by atoms with E-state index in [0.717, 1.165) is 31.5 Å². The molecule has 2 heterocycles. The molecule has 1 saturated heterocycles. The Labute approximate surface area is 190 Å². The third kappa shape index (κ3) is 4.49. The average Bonchev–Trinajstić information content (AvgIpc) is 3.06. The molecule has 1 aromatic heterocycles. The number of piperidine rings is 1. The van der Waals surface area contributed by atoms with E-state index in [1.165, 1.54) is 6.42 Å². The first-order valence-electron chi connectivity index (χ1n) is 9.80. The SMILES string of the molecule is Cc1nn(-c2cc(Cl)cc(Cl)c2)c(-c2ccc(Cl)cc2)c1C(=O)NN1CCCCC1. The highest BCUT2D eigenvalue weighted by molar-refractivity contribution is 6.34. The number of aryl methyl sites for hydroxylation is 1. The highest BCUT2D eigenvalue weighted by atomic mass is 35.5. The Hall–Kier alpha value is -2.05. The molecule has 30 heavy (non-hydrogen) atoms. The lowest BCUT2D eigenvalue weighted by atomic mass is 10.0. The fourth-order valence-corrected chi connectivity index (χ4v) is 4.37. The van der Waals surface area contributed by atoms with Gasteiger partial charge in [0.05, 0.1) is 22.6 Å². The average molecular weight is 464 g/mol. The summed E-state index contributed by atoms with van der Waals surface area (Å²) < 4.78 is 1.71. The van der Waals surface area contributed by atoms with Crippen molar-refractivity contribution in [1.29, 1.82) is 0 Å². The van der Waals surface area contributed by atoms with E-state index in [0.29, 0.717) is 37.7 Å². The lowest BCUT2D eigenvalue weighted by molar-refractivity contribution is 0.0750. The quantitative estimate of drug-likeness (QED) is 0.521. The summed E-state index contributed by atoms with van der Waals surface area (Å²) in [7, 11) is 0. The molecule has 1 fully saturated rings. The number of rotatable bonds is 4. The summed E-state index contributed by atoms with van der Waals surface area (Å²) in [5.74, 6) is -0.182. The van der Waals surface area contributed by atoms with Crippen LogP contribution >= 0.6 is 34.8 Å². The molecule has 4 rings (SSSR count). The van der Waals surface area contributed by atoms with Crippen molar-refractivity contribution in [3.8, 4) is 16.9 Å². The first kappa shape index (κ1) is 21.2. The molecule has 156 valence electrons. The van der Waals surface area contributed by atoms with E-state index in [2.05, 4.69) is 10.5 Å². The number of hydrazine groups is 1. The van der Waals surface area contributed by atoms with E-state index in [1.807, 2.05) is 24.1 Å². The van der Waals surface area contributed by atoms with Crippen LogP contribution in [-0.4, -0.2) is 33.8 Å². The molecule has 5 nitrogen and oxygen atoms in total. The minimum atomic E-state index is -0.182. The monoisotopic (exact) mass is 462 g/mol. The van der Waals surface area contributed by atoms with Gasteiger partial charge in [0.1, 0.15) is 0 Å². The van der Waals surface area contributed by atoms with Crippen LogP contribution in [0.5, 0.6) is 0 Å². The summed E-state index contributed by atoms with van der Waals surface area (Å²) in [5.41, 5.74) is 6.34. The molecule has 1 amide bonds. The Morgan fingerprint density at radius 1 is 0.933 bits per heavy atom. The summed E-state index contributed by atoms with van der Waals surface area (Å²) in [6.45, 7) is 3.52. The van der Waals surface area contributed by atoms with Gasteiger partial charge >= 0.3 is 0 Å². The first-order chi connectivity index (χ1) is 14.4. The maximum absolute atomic E-state index is 13.3. The number of carbonyl (C=O) groups excluding carboxylic acids is 1. The Bertz CT molecular complexity index is 1050. The Kier molecular flexibility index (Phi) is 6.34. The van der Waals surface area contributed by atoms with Gasteiger partial charge in [0.15, 0.2) is 0 Å². The fraction of sp³-hybridized carbons (Fsp3) is 0.273. The number of amides is 1. The second-order valence-corrected chi connectivity index (χ2v) is 8.65. The molecule has 1 aliphatic rings. The van der Waals surface area contributed by atoms with Crippen LogP contribution in [0.1, 0.15) is 35.3 Å². The van der Waals surface area contributed by atoms with Crippen LogP contribution in [0.3, 0.4) is 0 Å². The summed E-state index contributed by atoms with van der Waals surface area (Å²) in [5, 5.41) is 8.24. The molecular formula is C22H21Cl3N4O. The second-order valence-electron chi connectivity index (χ2n) is 7.34. The lowest BCUT2D eigenvalue weighted by Crippen LogP contribution is -2.45. The molecule has 8 heteroatoms. The third-order valence-electron chi connectivity index (χ3n) is 5.11. The Balaban J connectivity index is 1.83. The van der Waals surface area contributed by atoms with E-state index in [1.54, 1.807) is 35.0 Å². The molecule has 0 saturated carbocycles. The molecule has 0 spiro atoms. The normalized spacial score (nSPS) is 14.7. The van der Waals surface area contributed by atoms with Gasteiger partial charge in [0.25, 0.3) is 5.91 Å². The van der Waals surface area contributed by atoms with Crippen molar-refractivity contribution >= 4 is 40.7 Å². The van der Waals surface area contributed by atoms with Crippen LogP contribution < -0.4 is 5.43 Å². The maximum Gasteiger partial charge on any atom is 0.269 e. The molecule has 0 bridgehead atoms. The topological polar surface area (TPSA) is 50.2 Å². The zero-order chi connectivity index (χ0) is 21.3. The molecular weight excluding hydrogens is 443 g/mol. The van der Waals surface area contributed by atoms with Crippen molar-refractivity contribution < 1.29 is 4.79 Å². The van der Waals surface area contributed by atoms with E-state index in [-0.39, 0.29) is 5.91 Å². The number of halogens is 3. The summed E-state index contributed by atoms with van der Waals surface area (Å²) in [4.78, 5) is 13.3. The fourth-order valence-electron chi connectivity index (χ4n) is 3.73. The molecule has 1 N–H and O–H groups in total. The van der Waals surface area contributed by atoms with Gasteiger partial charge in [-0.3, -0.25) is 10.2 Å². The first-order valence-corrected chi connectivity index (χ1v) is 10.9. The third-order valence-corrected chi connectivity index (χ3v) is 5.80. The Morgan fingerprint density at radius 3 is 2.20 bits per heavy atom. The smallest absolute Gasteiger partial charge is 0.269 e. The predicted molar refractivity (Wildman–Crippen MR) is 122 cm³/mol. The van der Waals surface area contributed by atoms with Gasteiger partial charge < -0.3 is 0 Å². The maximum atomic E-state index is 13.3. The van der Waals surface area contributed by atoms with E-state index in [9.17, 15) is 4.79 Å². The summed E-state index contributed by atoms with van der Waals surface area (Å²) in [6.07, 6.45) is 3.34. The van der Waals surface area contributed by atoms with Crippen LogP contribution in [0.25, 0.3) is 16.9 Å². The second kappa shape index (κ2) is 8.98. The van der Waals surface area contributed by atoms with Crippen molar-refractivity contribution in [3.63, 3.8) is 0 Å². The number of nitrogens with zero attached hydrogens (tertiary/aromatic N) is 3. The van der Waals surface area contributed by atoms with Gasteiger partial charge in [-0.15, -0.1) is 0 Å². The van der Waals surface area contributed by atoms with Gasteiger partial charge in [-0.1, -0.05) is 53.4 Å². The molecule has 0 atom stereocenters. The van der Waals surface area contributed by atoms with Crippen LogP contribution in [0, 0.1) is 6.92 Å². The van der Waals surface area contributed by atoms with Crippen LogP contribution in [-0.2, 0) is 0 Å². The number of nitrogens with one attached hydrogen (secondary N) is 1. The molecule has 1 aliphatic heterocycles. The largest absolute Gasteiger partial charge is 0.285 e. The number of hydrogen-bond donors (Lipinski definition) is 1. The van der Waals surface area contributed by atoms with Crippen LogP contribution in [0.15, 0.2) is 42.5 Å². The predicted octanol–water partition coefficient (Wildman–Crippen LogP) is 5.94. The number of carbonyl (C=O) groups is 1. The van der Waals surface area contributed by atoms with Gasteiger partial charge in [0, 0.05) is 33.7 Å². The number of aromatic nitrogens is 2. The van der Waals surface area contributed by atoms with E-state index in [4.69, 9.17) is 34.8 Å². The van der Waals surface area contributed by atoms with Gasteiger partial charge in [-0.05, 0) is 50.1 Å². The van der Waals surface area contributed by atoms with Crippen LogP contribution in [0.2, 0.25) is 15.1 Å². The molecule has 0 unspecified atom stereocenters. The molecule has 2 aromatic carbocycles. The van der Waals surface area contributed by atoms with E-state index < -0.39 is 0 Å². The zero-order valence-corrected chi connectivity index (χ0v) is 18.7.